The molecule has 0 bridgehead atoms. The van der Waals surface area contributed by atoms with E-state index in [0.717, 1.165) is 5.56 Å². The summed E-state index contributed by atoms with van der Waals surface area (Å²) in [5.74, 6) is 1.65. The van der Waals surface area contributed by atoms with E-state index in [2.05, 4.69) is 0 Å². The van der Waals surface area contributed by atoms with Crippen molar-refractivity contribution >= 4 is 16.9 Å². The van der Waals surface area contributed by atoms with Crippen LogP contribution in [0.1, 0.15) is 28.6 Å². The van der Waals surface area contributed by atoms with Crippen LogP contribution in [0.2, 0.25) is 0 Å². The van der Waals surface area contributed by atoms with E-state index in [1.807, 2.05) is 19.1 Å². The summed E-state index contributed by atoms with van der Waals surface area (Å²) in [5.41, 5.74) is 2.58. The maximum Gasteiger partial charge on any atom is 0.343 e. The Morgan fingerprint density at radius 1 is 0.970 bits per heavy atom. The fraction of sp³-hybridized carbons (Fsp3) is 0.185. The van der Waals surface area contributed by atoms with Gasteiger partial charge in [-0.3, -0.25) is 4.79 Å². The molecule has 2 heterocycles. The van der Waals surface area contributed by atoms with Crippen LogP contribution in [0.15, 0.2) is 69.9 Å². The van der Waals surface area contributed by atoms with E-state index in [0.29, 0.717) is 70.3 Å². The molecule has 0 unspecified atom stereocenters. The van der Waals surface area contributed by atoms with Crippen LogP contribution in [0.3, 0.4) is 0 Å². The Balaban J connectivity index is 1.59. The van der Waals surface area contributed by atoms with Crippen molar-refractivity contribution in [3.63, 3.8) is 0 Å². The van der Waals surface area contributed by atoms with E-state index >= 15 is 0 Å². The first-order chi connectivity index (χ1) is 16.0. The highest BCUT2D eigenvalue weighted by molar-refractivity contribution is 5.92. The highest BCUT2D eigenvalue weighted by Gasteiger charge is 2.20. The van der Waals surface area contributed by atoms with Gasteiger partial charge in [-0.1, -0.05) is 31.2 Å². The molecular formula is C27H22O6. The lowest BCUT2D eigenvalue weighted by Gasteiger charge is -2.19. The Morgan fingerprint density at radius 2 is 1.73 bits per heavy atom. The molecule has 1 aliphatic heterocycles. The summed E-state index contributed by atoms with van der Waals surface area (Å²) in [6.45, 7) is 4.65. The van der Waals surface area contributed by atoms with E-state index in [4.69, 9.17) is 18.6 Å². The number of ether oxygens (including phenoxy) is 3. The predicted molar refractivity (Wildman–Crippen MR) is 124 cm³/mol. The molecule has 4 aromatic rings. The van der Waals surface area contributed by atoms with E-state index in [1.54, 1.807) is 55.5 Å². The molecule has 5 rings (SSSR count). The second-order valence-electron chi connectivity index (χ2n) is 7.79. The van der Waals surface area contributed by atoms with Gasteiger partial charge in [-0.25, -0.2) is 4.79 Å². The van der Waals surface area contributed by atoms with Crippen molar-refractivity contribution in [3.8, 4) is 28.4 Å². The summed E-state index contributed by atoms with van der Waals surface area (Å²) in [5, 5.41) is 0.432. The lowest BCUT2D eigenvalue weighted by atomic mass is 10.00. The smallest absolute Gasteiger partial charge is 0.343 e. The average molecular weight is 442 g/mol. The molecule has 6 heteroatoms. The number of benzene rings is 3. The molecule has 6 nitrogen and oxygen atoms in total. The minimum absolute atomic E-state index is 0.152. The summed E-state index contributed by atoms with van der Waals surface area (Å²) >= 11 is 0. The van der Waals surface area contributed by atoms with Crippen LogP contribution >= 0.6 is 0 Å². The quantitative estimate of drug-likeness (QED) is 0.315. The lowest BCUT2D eigenvalue weighted by Crippen LogP contribution is -2.15. The van der Waals surface area contributed by atoms with Gasteiger partial charge in [0.25, 0.3) is 0 Å². The average Bonchev–Trinajstić information content (AvgIpc) is 2.84. The summed E-state index contributed by atoms with van der Waals surface area (Å²) in [6, 6.07) is 17.6. The maximum atomic E-state index is 13.5. The molecule has 0 spiro atoms. The fourth-order valence-electron chi connectivity index (χ4n) is 4.02. The summed E-state index contributed by atoms with van der Waals surface area (Å²) < 4.78 is 22.9. The van der Waals surface area contributed by atoms with E-state index in [9.17, 15) is 9.59 Å². The van der Waals surface area contributed by atoms with Gasteiger partial charge in [-0.2, -0.15) is 0 Å². The van der Waals surface area contributed by atoms with Gasteiger partial charge < -0.3 is 18.6 Å². The van der Waals surface area contributed by atoms with Gasteiger partial charge >= 0.3 is 5.97 Å². The van der Waals surface area contributed by atoms with Gasteiger partial charge in [0.05, 0.1) is 16.5 Å². The highest BCUT2D eigenvalue weighted by Crippen LogP contribution is 2.36. The number of fused-ring (bicyclic) bond motifs is 2. The molecule has 166 valence electrons. The number of hydrogen-bond acceptors (Lipinski definition) is 6. The van der Waals surface area contributed by atoms with Crippen LogP contribution in [-0.2, 0) is 6.42 Å². The normalized spacial score (nSPS) is 12.5. The second-order valence-corrected chi connectivity index (χ2v) is 7.79. The van der Waals surface area contributed by atoms with Gasteiger partial charge in [0.2, 0.25) is 5.43 Å². The Morgan fingerprint density at radius 3 is 2.48 bits per heavy atom. The highest BCUT2D eigenvalue weighted by atomic mass is 16.6. The number of hydrogen-bond donors (Lipinski definition) is 0. The molecule has 0 saturated carbocycles. The van der Waals surface area contributed by atoms with Crippen molar-refractivity contribution in [2.45, 2.75) is 20.3 Å². The Hall–Kier alpha value is -4.06. The SMILES string of the molecule is CCc1cc2c(=O)c(-c3ccc4c(c3)OCCO4)c(C)oc2cc1OC(=O)c1ccccc1. The zero-order valence-electron chi connectivity index (χ0n) is 18.3. The van der Waals surface area contributed by atoms with Crippen LogP contribution < -0.4 is 19.6 Å². The molecule has 33 heavy (non-hydrogen) atoms. The minimum Gasteiger partial charge on any atom is -0.486 e. The van der Waals surface area contributed by atoms with Gasteiger partial charge in [-0.15, -0.1) is 0 Å². The first-order valence-corrected chi connectivity index (χ1v) is 10.8. The van der Waals surface area contributed by atoms with Crippen LogP contribution in [0.25, 0.3) is 22.1 Å². The zero-order chi connectivity index (χ0) is 22.9. The van der Waals surface area contributed by atoms with Crippen LogP contribution in [0.4, 0.5) is 0 Å². The standard InChI is InChI=1S/C27H22O6/c1-3-17-13-20-23(15-22(17)33-27(29)18-7-5-4-6-8-18)32-16(2)25(26(20)28)19-9-10-21-24(14-19)31-12-11-30-21/h4-10,13-15H,3,11-12H2,1-2H3. The molecule has 0 radical (unpaired) electrons. The molecule has 0 saturated heterocycles. The van der Waals surface area contributed by atoms with E-state index in [1.165, 1.54) is 0 Å². The third kappa shape index (κ3) is 3.84. The largest absolute Gasteiger partial charge is 0.486 e. The Labute approximate surface area is 190 Å². The third-order valence-electron chi connectivity index (χ3n) is 5.67. The van der Waals surface area contributed by atoms with Crippen molar-refractivity contribution < 1.29 is 23.4 Å². The fourth-order valence-corrected chi connectivity index (χ4v) is 4.02. The number of rotatable bonds is 4. The molecule has 1 aromatic heterocycles. The lowest BCUT2D eigenvalue weighted by molar-refractivity contribution is 0.0733. The zero-order valence-corrected chi connectivity index (χ0v) is 18.3. The first kappa shape index (κ1) is 20.8. The van der Waals surface area contributed by atoms with E-state index in [-0.39, 0.29) is 5.43 Å². The minimum atomic E-state index is -0.461. The van der Waals surface area contributed by atoms with Crippen molar-refractivity contribution in [1.82, 2.24) is 0 Å². The molecule has 0 amide bonds. The molecule has 0 atom stereocenters. The summed E-state index contributed by atoms with van der Waals surface area (Å²) in [4.78, 5) is 26.1. The monoisotopic (exact) mass is 442 g/mol. The third-order valence-corrected chi connectivity index (χ3v) is 5.67. The van der Waals surface area contributed by atoms with Crippen LogP contribution in [-0.4, -0.2) is 19.2 Å². The molecule has 0 aliphatic carbocycles. The molecule has 0 N–H and O–H groups in total. The van der Waals surface area contributed by atoms with Crippen molar-refractivity contribution in [2.24, 2.45) is 0 Å². The topological polar surface area (TPSA) is 75.0 Å². The Kier molecular flexibility index (Phi) is 5.34. The van der Waals surface area contributed by atoms with E-state index < -0.39 is 5.97 Å². The van der Waals surface area contributed by atoms with Crippen molar-refractivity contribution in [3.05, 3.63) is 87.8 Å². The van der Waals surface area contributed by atoms with Crippen LogP contribution in [0.5, 0.6) is 17.2 Å². The summed E-state index contributed by atoms with van der Waals surface area (Å²) in [6.07, 6.45) is 0.583. The summed E-state index contributed by atoms with van der Waals surface area (Å²) in [7, 11) is 0. The second kappa shape index (κ2) is 8.47. The predicted octanol–water partition coefficient (Wildman–Crippen LogP) is 5.32. The Bertz CT molecular complexity index is 1420. The molecular weight excluding hydrogens is 420 g/mol. The number of esters is 1. The van der Waals surface area contributed by atoms with Crippen LogP contribution in [0, 0.1) is 6.92 Å². The van der Waals surface area contributed by atoms with Gasteiger partial charge in [-0.05, 0) is 54.8 Å². The first-order valence-electron chi connectivity index (χ1n) is 10.8. The maximum absolute atomic E-state index is 13.5. The molecule has 3 aromatic carbocycles. The molecule has 0 fully saturated rings. The molecule has 1 aliphatic rings. The number of aryl methyl sites for hydroxylation is 2. The van der Waals surface area contributed by atoms with Crippen molar-refractivity contribution in [2.75, 3.05) is 13.2 Å². The number of carbonyl (C=O) groups is 1. The van der Waals surface area contributed by atoms with Gasteiger partial charge in [0.1, 0.15) is 30.3 Å². The van der Waals surface area contributed by atoms with Gasteiger partial charge in [0.15, 0.2) is 11.5 Å². The number of carbonyl (C=O) groups excluding carboxylic acids is 1. The van der Waals surface area contributed by atoms with Crippen molar-refractivity contribution in [1.29, 1.82) is 0 Å². The van der Waals surface area contributed by atoms with Gasteiger partial charge in [0, 0.05) is 6.07 Å².